The minimum Gasteiger partial charge on any atom is -0.443 e. The Kier molecular flexibility index (Phi) is 5.45. The van der Waals surface area contributed by atoms with Crippen LogP contribution >= 0.6 is 0 Å². The zero-order valence-electron chi connectivity index (χ0n) is 13.1. The summed E-state index contributed by atoms with van der Waals surface area (Å²) in [4.78, 5) is 23.6. The standard InChI is InChI=1S/C13H20F3NO5/c1-6-20-7(2)21-8-9(13(14,15)16)17(10(8)18)11(19)22-12(3,4)5/h7-9H,6H2,1-5H3/t7?,8-,9-/m1/s1. The molecule has 0 saturated carbocycles. The van der Waals surface area contributed by atoms with Crippen LogP contribution in [-0.4, -0.2) is 53.7 Å². The maximum Gasteiger partial charge on any atom is 0.417 e. The van der Waals surface area contributed by atoms with Crippen molar-refractivity contribution in [2.45, 2.75) is 64.8 Å². The molecule has 2 amide bonds. The lowest BCUT2D eigenvalue weighted by atomic mass is 9.98. The van der Waals surface area contributed by atoms with E-state index < -0.39 is 42.2 Å². The first-order valence-corrected chi connectivity index (χ1v) is 6.78. The molecule has 1 rings (SSSR count). The highest BCUT2D eigenvalue weighted by Crippen LogP contribution is 2.38. The Labute approximate surface area is 126 Å². The highest BCUT2D eigenvalue weighted by molar-refractivity contribution is 6.01. The van der Waals surface area contributed by atoms with Crippen LogP contribution in [0.4, 0.5) is 18.0 Å². The molecular formula is C13H20F3NO5. The summed E-state index contributed by atoms with van der Waals surface area (Å²) in [5.74, 6) is -1.09. The van der Waals surface area contributed by atoms with E-state index in [2.05, 4.69) is 0 Å². The molecule has 6 nitrogen and oxygen atoms in total. The van der Waals surface area contributed by atoms with Gasteiger partial charge in [0.1, 0.15) is 5.60 Å². The number of carbonyl (C=O) groups is 2. The van der Waals surface area contributed by atoms with Crippen molar-refractivity contribution in [1.82, 2.24) is 4.90 Å². The monoisotopic (exact) mass is 327 g/mol. The lowest BCUT2D eigenvalue weighted by Crippen LogP contribution is -2.73. The van der Waals surface area contributed by atoms with E-state index in [1.807, 2.05) is 0 Å². The summed E-state index contributed by atoms with van der Waals surface area (Å²) in [5.41, 5.74) is -1.02. The van der Waals surface area contributed by atoms with E-state index in [1.54, 1.807) is 6.92 Å². The molecule has 1 saturated heterocycles. The summed E-state index contributed by atoms with van der Waals surface area (Å²) >= 11 is 0. The van der Waals surface area contributed by atoms with Crippen molar-refractivity contribution < 1.29 is 37.0 Å². The molecule has 0 aromatic carbocycles. The number of imide groups is 1. The third-order valence-corrected chi connectivity index (χ3v) is 2.71. The van der Waals surface area contributed by atoms with Crippen LogP contribution < -0.4 is 0 Å². The quantitative estimate of drug-likeness (QED) is 0.586. The van der Waals surface area contributed by atoms with E-state index in [-0.39, 0.29) is 11.5 Å². The second kappa shape index (κ2) is 6.41. The van der Waals surface area contributed by atoms with Gasteiger partial charge in [0.15, 0.2) is 18.4 Å². The number of hydrogen-bond donors (Lipinski definition) is 0. The third-order valence-electron chi connectivity index (χ3n) is 2.71. The van der Waals surface area contributed by atoms with Crippen molar-refractivity contribution in [2.75, 3.05) is 6.61 Å². The minimum absolute atomic E-state index is 0.0363. The smallest absolute Gasteiger partial charge is 0.417 e. The molecule has 0 spiro atoms. The van der Waals surface area contributed by atoms with Crippen molar-refractivity contribution in [1.29, 1.82) is 0 Å². The fourth-order valence-electron chi connectivity index (χ4n) is 1.91. The fraction of sp³-hybridized carbons (Fsp3) is 0.846. The second-order valence-electron chi connectivity index (χ2n) is 5.75. The largest absolute Gasteiger partial charge is 0.443 e. The molecule has 0 aromatic heterocycles. The molecule has 3 atom stereocenters. The maximum atomic E-state index is 13.1. The van der Waals surface area contributed by atoms with E-state index in [1.165, 1.54) is 27.7 Å². The lowest BCUT2D eigenvalue weighted by Gasteiger charge is -2.45. The number of carbonyl (C=O) groups excluding carboxylic acids is 2. The lowest BCUT2D eigenvalue weighted by molar-refractivity contribution is -0.266. The van der Waals surface area contributed by atoms with Crippen molar-refractivity contribution in [3.8, 4) is 0 Å². The minimum atomic E-state index is -4.82. The van der Waals surface area contributed by atoms with Crippen LogP contribution in [-0.2, 0) is 19.0 Å². The van der Waals surface area contributed by atoms with Gasteiger partial charge in [0.2, 0.25) is 0 Å². The summed E-state index contributed by atoms with van der Waals surface area (Å²) in [5, 5.41) is 0. The molecule has 9 heteroatoms. The molecule has 22 heavy (non-hydrogen) atoms. The van der Waals surface area contributed by atoms with E-state index in [0.29, 0.717) is 0 Å². The third kappa shape index (κ3) is 4.33. The van der Waals surface area contributed by atoms with Gasteiger partial charge in [-0.2, -0.15) is 13.2 Å². The molecular weight excluding hydrogens is 307 g/mol. The van der Waals surface area contributed by atoms with Gasteiger partial charge in [-0.25, -0.2) is 9.69 Å². The van der Waals surface area contributed by atoms with Crippen molar-refractivity contribution in [3.63, 3.8) is 0 Å². The summed E-state index contributed by atoms with van der Waals surface area (Å²) in [6.07, 6.45) is -8.97. The first-order chi connectivity index (χ1) is 9.88. The Morgan fingerprint density at radius 3 is 2.27 bits per heavy atom. The Morgan fingerprint density at radius 1 is 1.32 bits per heavy atom. The molecule has 1 unspecified atom stereocenters. The van der Waals surface area contributed by atoms with E-state index >= 15 is 0 Å². The van der Waals surface area contributed by atoms with Crippen LogP contribution in [0.15, 0.2) is 0 Å². The van der Waals surface area contributed by atoms with Crippen LogP contribution in [0.2, 0.25) is 0 Å². The number of amides is 2. The first-order valence-electron chi connectivity index (χ1n) is 6.78. The van der Waals surface area contributed by atoms with Crippen LogP contribution in [0.3, 0.4) is 0 Å². The topological polar surface area (TPSA) is 65.1 Å². The van der Waals surface area contributed by atoms with Crippen molar-refractivity contribution in [3.05, 3.63) is 0 Å². The average molecular weight is 327 g/mol. The molecule has 0 aliphatic carbocycles. The summed E-state index contributed by atoms with van der Waals surface area (Å²) in [6.45, 7) is 7.69. The average Bonchev–Trinajstić information content (AvgIpc) is 2.28. The second-order valence-corrected chi connectivity index (χ2v) is 5.75. The highest BCUT2D eigenvalue weighted by atomic mass is 19.4. The summed E-state index contributed by atoms with van der Waals surface area (Å²) in [7, 11) is 0. The van der Waals surface area contributed by atoms with Gasteiger partial charge in [-0.15, -0.1) is 0 Å². The van der Waals surface area contributed by atoms with E-state index in [9.17, 15) is 22.8 Å². The van der Waals surface area contributed by atoms with Gasteiger partial charge in [-0.1, -0.05) is 0 Å². The van der Waals surface area contributed by atoms with E-state index in [0.717, 1.165) is 0 Å². The zero-order valence-corrected chi connectivity index (χ0v) is 13.1. The molecule has 1 aliphatic rings. The van der Waals surface area contributed by atoms with E-state index in [4.69, 9.17) is 14.2 Å². The highest BCUT2D eigenvalue weighted by Gasteiger charge is 2.65. The molecule has 0 aromatic rings. The van der Waals surface area contributed by atoms with Crippen molar-refractivity contribution in [2.24, 2.45) is 0 Å². The van der Waals surface area contributed by atoms with Crippen LogP contribution in [0.5, 0.6) is 0 Å². The van der Waals surface area contributed by atoms with Gasteiger partial charge < -0.3 is 14.2 Å². The Hall–Kier alpha value is -1.35. The number of hydrogen-bond acceptors (Lipinski definition) is 5. The fourth-order valence-corrected chi connectivity index (χ4v) is 1.91. The number of alkyl halides is 3. The maximum absolute atomic E-state index is 13.1. The molecule has 0 radical (unpaired) electrons. The summed E-state index contributed by atoms with van der Waals surface area (Å²) < 4.78 is 54.0. The Bertz CT molecular complexity index is 432. The SMILES string of the molecule is CCOC(C)O[C@H]1C(=O)N(C(=O)OC(C)(C)C)[C@H]1C(F)(F)F. The zero-order chi connectivity index (χ0) is 17.3. The molecule has 128 valence electrons. The molecule has 0 N–H and O–H groups in total. The normalized spacial score (nSPS) is 24.0. The number of likely N-dealkylation sites (tertiary alicyclic amines) is 1. The first kappa shape index (κ1) is 18.7. The predicted molar refractivity (Wildman–Crippen MR) is 68.9 cm³/mol. The van der Waals surface area contributed by atoms with Gasteiger partial charge in [0.05, 0.1) is 0 Å². The Balaban J connectivity index is 2.88. The Morgan fingerprint density at radius 2 is 1.86 bits per heavy atom. The molecule has 0 bridgehead atoms. The number of halogens is 3. The number of β-lactam (4-membered cyclic amide) rings is 1. The van der Waals surface area contributed by atoms with Gasteiger partial charge in [-0.3, -0.25) is 4.79 Å². The van der Waals surface area contributed by atoms with Crippen LogP contribution in [0.1, 0.15) is 34.6 Å². The van der Waals surface area contributed by atoms with Gasteiger partial charge in [0.25, 0.3) is 5.91 Å². The molecule has 1 heterocycles. The molecule has 1 fully saturated rings. The van der Waals surface area contributed by atoms with Crippen molar-refractivity contribution >= 4 is 12.0 Å². The van der Waals surface area contributed by atoms with Gasteiger partial charge >= 0.3 is 12.3 Å². The van der Waals surface area contributed by atoms with Gasteiger partial charge in [0, 0.05) is 6.61 Å². The number of ether oxygens (including phenoxy) is 3. The number of rotatable bonds is 4. The van der Waals surface area contributed by atoms with Crippen LogP contribution in [0.25, 0.3) is 0 Å². The summed E-state index contributed by atoms with van der Waals surface area (Å²) in [6, 6.07) is -2.38. The van der Waals surface area contributed by atoms with Crippen LogP contribution in [0, 0.1) is 0 Å². The van der Waals surface area contributed by atoms with Gasteiger partial charge in [-0.05, 0) is 34.6 Å². The molecule has 1 aliphatic heterocycles. The number of nitrogens with zero attached hydrogens (tertiary/aromatic N) is 1. The predicted octanol–water partition coefficient (Wildman–Crippen LogP) is 2.46.